The highest BCUT2D eigenvalue weighted by molar-refractivity contribution is 6.08. The Morgan fingerprint density at radius 1 is 1.05 bits per heavy atom. The van der Waals surface area contributed by atoms with E-state index in [1.165, 1.54) is 6.92 Å². The van der Waals surface area contributed by atoms with Crippen molar-refractivity contribution in [3.8, 4) is 11.1 Å². The van der Waals surface area contributed by atoms with Crippen LogP contribution in [0, 0.1) is 6.92 Å². The minimum absolute atomic E-state index is 0.220. The van der Waals surface area contributed by atoms with E-state index in [9.17, 15) is 9.59 Å². The maximum absolute atomic E-state index is 12.3. The van der Waals surface area contributed by atoms with Crippen molar-refractivity contribution in [2.45, 2.75) is 13.8 Å². The molecule has 0 unspecified atom stereocenters. The van der Waals surface area contributed by atoms with E-state index < -0.39 is 0 Å². The highest BCUT2D eigenvalue weighted by atomic mass is 16.1. The molecule has 21 heavy (non-hydrogen) atoms. The van der Waals surface area contributed by atoms with Crippen molar-refractivity contribution >= 4 is 16.7 Å². The zero-order valence-corrected chi connectivity index (χ0v) is 11.9. The number of aromatic amines is 1. The molecule has 2 aromatic carbocycles. The van der Waals surface area contributed by atoms with Crippen LogP contribution in [-0.2, 0) is 0 Å². The number of fused-ring (bicyclic) bond motifs is 1. The third-order valence-corrected chi connectivity index (χ3v) is 3.58. The Morgan fingerprint density at radius 2 is 1.76 bits per heavy atom. The summed E-state index contributed by atoms with van der Waals surface area (Å²) in [6.45, 7) is 3.40. The fourth-order valence-corrected chi connectivity index (χ4v) is 2.65. The minimum Gasteiger partial charge on any atom is -0.321 e. The van der Waals surface area contributed by atoms with Crippen molar-refractivity contribution in [2.24, 2.45) is 0 Å². The van der Waals surface area contributed by atoms with Crippen molar-refractivity contribution in [3.63, 3.8) is 0 Å². The van der Waals surface area contributed by atoms with Crippen LogP contribution in [0.25, 0.3) is 22.0 Å². The number of carbonyl (C=O) groups excluding carboxylic acids is 1. The summed E-state index contributed by atoms with van der Waals surface area (Å²) < 4.78 is 0. The monoisotopic (exact) mass is 277 g/mol. The van der Waals surface area contributed by atoms with Gasteiger partial charge >= 0.3 is 0 Å². The van der Waals surface area contributed by atoms with Gasteiger partial charge < -0.3 is 4.98 Å². The number of hydrogen-bond acceptors (Lipinski definition) is 2. The molecule has 0 aliphatic rings. The summed E-state index contributed by atoms with van der Waals surface area (Å²) in [5, 5.41) is 0.886. The Labute approximate surface area is 122 Å². The van der Waals surface area contributed by atoms with E-state index in [1.54, 1.807) is 0 Å². The van der Waals surface area contributed by atoms with Gasteiger partial charge in [0.05, 0.1) is 5.56 Å². The molecular weight excluding hydrogens is 262 g/mol. The van der Waals surface area contributed by atoms with Gasteiger partial charge in [-0.3, -0.25) is 9.59 Å². The Morgan fingerprint density at radius 3 is 2.43 bits per heavy atom. The van der Waals surface area contributed by atoms with Gasteiger partial charge in [0.15, 0.2) is 5.78 Å². The number of rotatable bonds is 2. The Bertz CT molecular complexity index is 892. The molecule has 3 nitrogen and oxygen atoms in total. The number of H-pyrrole nitrogens is 1. The molecule has 0 spiro atoms. The molecule has 0 atom stereocenters. The number of aromatic nitrogens is 1. The lowest BCUT2D eigenvalue weighted by molar-refractivity contribution is 0.101. The summed E-state index contributed by atoms with van der Waals surface area (Å²) in [4.78, 5) is 27.1. The van der Waals surface area contributed by atoms with Crippen LogP contribution in [0.4, 0.5) is 0 Å². The van der Waals surface area contributed by atoms with Crippen molar-refractivity contribution in [2.75, 3.05) is 0 Å². The zero-order chi connectivity index (χ0) is 15.0. The predicted octanol–water partition coefficient (Wildman–Crippen LogP) is 3.71. The van der Waals surface area contributed by atoms with Crippen LogP contribution in [-0.4, -0.2) is 10.8 Å². The second kappa shape index (κ2) is 5.02. The summed E-state index contributed by atoms with van der Waals surface area (Å²) in [7, 11) is 0. The van der Waals surface area contributed by atoms with Gasteiger partial charge in [0.2, 0.25) is 0 Å². The van der Waals surface area contributed by atoms with Gasteiger partial charge in [-0.2, -0.15) is 0 Å². The third kappa shape index (κ3) is 2.27. The Hall–Kier alpha value is -2.68. The molecule has 0 saturated heterocycles. The van der Waals surface area contributed by atoms with Crippen LogP contribution >= 0.6 is 0 Å². The molecule has 0 bridgehead atoms. The van der Waals surface area contributed by atoms with E-state index in [0.717, 1.165) is 22.0 Å². The minimum atomic E-state index is -0.334. The second-order valence-electron chi connectivity index (χ2n) is 5.18. The number of nitrogens with one attached hydrogen (secondary N) is 1. The summed E-state index contributed by atoms with van der Waals surface area (Å²) in [5.41, 5.74) is 3.29. The van der Waals surface area contributed by atoms with Gasteiger partial charge in [0.1, 0.15) is 0 Å². The molecule has 0 aliphatic heterocycles. The number of benzene rings is 2. The average Bonchev–Trinajstić information content (AvgIpc) is 2.46. The molecule has 0 saturated carbocycles. The first-order chi connectivity index (χ1) is 10.1. The van der Waals surface area contributed by atoms with Crippen molar-refractivity contribution < 1.29 is 4.79 Å². The second-order valence-corrected chi connectivity index (χ2v) is 5.18. The molecule has 1 N–H and O–H groups in total. The molecule has 0 fully saturated rings. The van der Waals surface area contributed by atoms with Crippen LogP contribution in [0.2, 0.25) is 0 Å². The molecule has 3 aromatic rings. The quantitative estimate of drug-likeness (QED) is 0.726. The van der Waals surface area contributed by atoms with Gasteiger partial charge in [-0.15, -0.1) is 0 Å². The molecule has 104 valence electrons. The lowest BCUT2D eigenvalue weighted by Gasteiger charge is -2.11. The van der Waals surface area contributed by atoms with Gasteiger partial charge in [-0.25, -0.2) is 0 Å². The summed E-state index contributed by atoms with van der Waals surface area (Å²) in [5.74, 6) is -0.224. The van der Waals surface area contributed by atoms with Crippen LogP contribution in [0.5, 0.6) is 0 Å². The number of hydrogen-bond donors (Lipinski definition) is 1. The Kier molecular flexibility index (Phi) is 3.18. The van der Waals surface area contributed by atoms with E-state index in [1.807, 2.05) is 55.5 Å². The number of Topliss-reactive ketones (excluding diaryl/α,β-unsaturated/α-hetero) is 1. The van der Waals surface area contributed by atoms with Crippen LogP contribution in [0.1, 0.15) is 22.8 Å². The summed E-state index contributed by atoms with van der Waals surface area (Å²) >= 11 is 0. The fourth-order valence-electron chi connectivity index (χ4n) is 2.65. The topological polar surface area (TPSA) is 49.9 Å². The zero-order valence-electron chi connectivity index (χ0n) is 11.9. The van der Waals surface area contributed by atoms with Gasteiger partial charge in [0.25, 0.3) is 5.56 Å². The highest BCUT2D eigenvalue weighted by Crippen LogP contribution is 2.30. The van der Waals surface area contributed by atoms with Crippen molar-refractivity contribution in [1.29, 1.82) is 0 Å². The van der Waals surface area contributed by atoms with Gasteiger partial charge in [-0.05, 0) is 31.0 Å². The first kappa shape index (κ1) is 13.3. The van der Waals surface area contributed by atoms with E-state index in [0.29, 0.717) is 5.56 Å². The van der Waals surface area contributed by atoms with E-state index >= 15 is 0 Å². The van der Waals surface area contributed by atoms with Gasteiger partial charge in [-0.1, -0.05) is 42.5 Å². The average molecular weight is 277 g/mol. The van der Waals surface area contributed by atoms with Crippen LogP contribution in [0.15, 0.2) is 53.3 Å². The fraction of sp³-hybridized carbons (Fsp3) is 0.111. The predicted molar refractivity (Wildman–Crippen MR) is 84.7 cm³/mol. The van der Waals surface area contributed by atoms with Crippen LogP contribution < -0.4 is 5.56 Å². The lowest BCUT2D eigenvalue weighted by atomic mass is 9.94. The van der Waals surface area contributed by atoms with E-state index in [2.05, 4.69) is 4.98 Å². The molecule has 0 radical (unpaired) electrons. The number of aryl methyl sites for hydroxylation is 1. The first-order valence-electron chi connectivity index (χ1n) is 6.81. The molecule has 1 aromatic heterocycles. The highest BCUT2D eigenvalue weighted by Gasteiger charge is 2.17. The number of carbonyl (C=O) groups is 1. The lowest BCUT2D eigenvalue weighted by Crippen LogP contribution is -2.18. The molecule has 3 heteroatoms. The Balaban J connectivity index is 2.51. The smallest absolute Gasteiger partial charge is 0.259 e. The third-order valence-electron chi connectivity index (χ3n) is 3.58. The maximum atomic E-state index is 12.3. The number of ketones is 1. The SMILES string of the molecule is CC(=O)c1c(-c2ccccc2)c2ccc(C)cc2[nH]c1=O. The largest absolute Gasteiger partial charge is 0.321 e. The number of pyridine rings is 1. The van der Waals surface area contributed by atoms with E-state index in [-0.39, 0.29) is 16.9 Å². The summed E-state index contributed by atoms with van der Waals surface area (Å²) in [6.07, 6.45) is 0. The van der Waals surface area contributed by atoms with Crippen LogP contribution in [0.3, 0.4) is 0 Å². The van der Waals surface area contributed by atoms with Crippen molar-refractivity contribution in [3.05, 3.63) is 70.0 Å². The van der Waals surface area contributed by atoms with Crippen molar-refractivity contribution in [1.82, 2.24) is 4.98 Å². The standard InChI is InChI=1S/C18H15NO2/c1-11-8-9-14-15(10-11)19-18(21)16(12(2)20)17(14)13-6-4-3-5-7-13/h3-10H,1-2H3,(H,19,21). The molecule has 0 amide bonds. The molecule has 1 heterocycles. The van der Waals surface area contributed by atoms with E-state index in [4.69, 9.17) is 0 Å². The summed E-state index contributed by atoms with van der Waals surface area (Å²) in [6, 6.07) is 15.4. The molecule has 3 rings (SSSR count). The first-order valence-corrected chi connectivity index (χ1v) is 6.81. The normalized spacial score (nSPS) is 10.8. The molecule has 0 aliphatic carbocycles. The maximum Gasteiger partial charge on any atom is 0.259 e. The molecular formula is C18H15NO2. The van der Waals surface area contributed by atoms with Gasteiger partial charge in [0, 0.05) is 16.5 Å².